The molecule has 0 radical (unpaired) electrons. The number of hydrogen-bond donors (Lipinski definition) is 1. The molecular weight excluding hydrogens is 1220 g/mol. The number of ether oxygens (including phenoxy) is 5. The lowest BCUT2D eigenvalue weighted by atomic mass is 9.99. The number of esters is 1. The fourth-order valence-corrected chi connectivity index (χ4v) is 13.1. The molecule has 1 aliphatic carbocycles. The summed E-state index contributed by atoms with van der Waals surface area (Å²) in [6.07, 6.45) is 3.27. The van der Waals surface area contributed by atoms with Crippen molar-refractivity contribution in [1.29, 1.82) is 0 Å². The van der Waals surface area contributed by atoms with Gasteiger partial charge in [-0.3, -0.25) is 24.4 Å². The molecule has 8 aromatic carbocycles. The number of amides is 3. The Balaban J connectivity index is 0.000000185. The van der Waals surface area contributed by atoms with Gasteiger partial charge < -0.3 is 38.8 Å². The van der Waals surface area contributed by atoms with Gasteiger partial charge in [0.15, 0.2) is 11.5 Å². The second-order valence-electron chi connectivity index (χ2n) is 26.5. The van der Waals surface area contributed by atoms with Gasteiger partial charge in [-0.05, 0) is 128 Å². The monoisotopic (exact) mass is 1290 g/mol. The fraction of sp³-hybridized carbons (Fsp3) is 0.256. The zero-order chi connectivity index (χ0) is 66.4. The molecule has 2 atom stereocenters. The Labute approximate surface area is 552 Å². The molecule has 484 valence electrons. The molecule has 0 saturated heterocycles. The maximum atomic E-state index is 14.5. The molecule has 13 rings (SSSR count). The average molecular weight is 1290 g/mol. The number of carbonyl (C=O) groups is 4. The van der Waals surface area contributed by atoms with E-state index in [1.54, 1.807) is 73.3 Å². The van der Waals surface area contributed by atoms with E-state index in [0.29, 0.717) is 78.0 Å². The van der Waals surface area contributed by atoms with Gasteiger partial charge in [-0.2, -0.15) is 0 Å². The molecule has 1 N–H and O–H groups in total. The van der Waals surface area contributed by atoms with E-state index in [1.165, 1.54) is 24.3 Å². The predicted octanol–water partition coefficient (Wildman–Crippen LogP) is 16.7. The Hall–Kier alpha value is -10.3. The van der Waals surface area contributed by atoms with E-state index in [9.17, 15) is 28.0 Å². The number of halogens is 2. The minimum Gasteiger partial charge on any atom is -0.493 e. The van der Waals surface area contributed by atoms with Crippen molar-refractivity contribution in [2.45, 2.75) is 116 Å². The quantitative estimate of drug-likeness (QED) is 0.0466. The van der Waals surface area contributed by atoms with E-state index in [1.807, 2.05) is 140 Å². The summed E-state index contributed by atoms with van der Waals surface area (Å²) in [5, 5.41) is 4.23. The van der Waals surface area contributed by atoms with Crippen LogP contribution in [-0.2, 0) is 35.7 Å². The fourth-order valence-electron chi connectivity index (χ4n) is 12.4. The molecule has 10 aromatic rings. The SMILES string of the molecule is CC(C)(C)OC(=O)NC1CCC(C(=O)Oc2c3c(c(OC(c4ccccc4)c4ccccc4)c4ncccc24)C(=O)N(Cc2ccc(F)cc2)C3)C1.C[Si](C)(C)CCOc1c2c(c(OC(c3ccccc3)c3ccccc3)c3ncccc13)C(=O)N(Cc1ccc(F)cc1)C2. The van der Waals surface area contributed by atoms with Crippen LogP contribution < -0.4 is 24.3 Å². The first-order chi connectivity index (χ1) is 45.8. The van der Waals surface area contributed by atoms with Gasteiger partial charge in [0.2, 0.25) is 0 Å². The Kier molecular flexibility index (Phi) is 19.2. The molecule has 2 unspecified atom stereocenters. The van der Waals surface area contributed by atoms with Gasteiger partial charge in [0, 0.05) is 61.5 Å². The first-order valence-corrected chi connectivity index (χ1v) is 35.8. The zero-order valence-corrected chi connectivity index (χ0v) is 55.0. The van der Waals surface area contributed by atoms with Crippen LogP contribution in [0.4, 0.5) is 13.6 Å². The van der Waals surface area contributed by atoms with E-state index >= 15 is 0 Å². The summed E-state index contributed by atoms with van der Waals surface area (Å²) in [5.41, 5.74) is 7.69. The van der Waals surface area contributed by atoms with Gasteiger partial charge in [0.05, 0.1) is 36.7 Å². The lowest BCUT2D eigenvalue weighted by Gasteiger charge is -2.24. The van der Waals surface area contributed by atoms with E-state index in [-0.39, 0.29) is 59.6 Å². The summed E-state index contributed by atoms with van der Waals surface area (Å²) < 4.78 is 59.5. The molecule has 0 bridgehead atoms. The number of fused-ring (bicyclic) bond motifs is 4. The van der Waals surface area contributed by atoms with E-state index in [0.717, 1.165) is 50.4 Å². The summed E-state index contributed by atoms with van der Waals surface area (Å²) in [7, 11) is -1.37. The van der Waals surface area contributed by atoms with Crippen molar-refractivity contribution < 1.29 is 51.6 Å². The maximum Gasteiger partial charge on any atom is 0.407 e. The molecule has 1 fully saturated rings. The molecule has 3 amide bonds. The minimum atomic E-state index is -1.37. The lowest BCUT2D eigenvalue weighted by Crippen LogP contribution is -2.38. The Bertz CT molecular complexity index is 4330. The molecule has 95 heavy (non-hydrogen) atoms. The number of alkyl carbamates (subject to hydrolysis) is 1. The van der Waals surface area contributed by atoms with Crippen molar-refractivity contribution >= 4 is 53.8 Å². The summed E-state index contributed by atoms with van der Waals surface area (Å²) >= 11 is 0. The van der Waals surface area contributed by atoms with Crippen LogP contribution in [0.25, 0.3) is 21.8 Å². The largest absolute Gasteiger partial charge is 0.493 e. The topological polar surface area (TPSA) is 159 Å². The molecule has 3 aliphatic rings. The Morgan fingerprint density at radius 2 is 0.979 bits per heavy atom. The second kappa shape index (κ2) is 28.1. The van der Waals surface area contributed by atoms with Crippen molar-refractivity contribution in [3.8, 4) is 23.0 Å². The van der Waals surface area contributed by atoms with E-state index in [4.69, 9.17) is 33.7 Å². The highest BCUT2D eigenvalue weighted by Gasteiger charge is 2.41. The van der Waals surface area contributed by atoms with Gasteiger partial charge in [0.25, 0.3) is 11.8 Å². The van der Waals surface area contributed by atoms with Crippen LogP contribution >= 0.6 is 0 Å². The number of nitrogens with one attached hydrogen (secondary N) is 1. The molecule has 0 spiro atoms. The van der Waals surface area contributed by atoms with Crippen molar-refractivity contribution in [3.63, 3.8) is 0 Å². The lowest BCUT2D eigenvalue weighted by molar-refractivity contribution is -0.138. The van der Waals surface area contributed by atoms with Gasteiger partial charge in [-0.15, -0.1) is 0 Å². The summed E-state index contributed by atoms with van der Waals surface area (Å²) in [4.78, 5) is 67.9. The third-order valence-electron chi connectivity index (χ3n) is 17.1. The first-order valence-electron chi connectivity index (χ1n) is 32.1. The van der Waals surface area contributed by atoms with Crippen molar-refractivity contribution in [1.82, 2.24) is 25.1 Å². The third-order valence-corrected chi connectivity index (χ3v) is 18.8. The maximum absolute atomic E-state index is 14.5. The summed E-state index contributed by atoms with van der Waals surface area (Å²) in [6.45, 7) is 13.9. The molecule has 1 saturated carbocycles. The normalized spacial score (nSPS) is 15.2. The standard InChI is InChI=1S/C42H40FN3O6.C36H35FN2O3Si/c1-42(2,3)52-41(49)45-31-21-18-29(23-31)40(48)51-37-32-15-10-22-44-35(32)38(50-36(27-11-6-4-7-12-27)28-13-8-5-9-14-28)34-33(37)25-46(39(34)47)24-26-16-19-30(43)20-17-26;1-43(2,3)22-21-41-34-29-15-10-20-38-32(29)35(42-33(26-11-6-4-7-12-26)27-13-8-5-9-14-27)31-30(34)24-39(36(31)40)23-25-16-18-28(37)19-17-25/h4-17,19-20,22,29,31,36H,18,21,23-25H2,1-3H3,(H,45,49);4-20,33H,21-24H2,1-3H3. The van der Waals surface area contributed by atoms with Crippen molar-refractivity contribution in [3.05, 3.63) is 274 Å². The second-order valence-corrected chi connectivity index (χ2v) is 32.1. The van der Waals surface area contributed by atoms with Crippen molar-refractivity contribution in [2.75, 3.05) is 6.61 Å². The van der Waals surface area contributed by atoms with Crippen LogP contribution in [0.1, 0.15) is 117 Å². The van der Waals surface area contributed by atoms with Gasteiger partial charge in [0.1, 0.15) is 52.0 Å². The van der Waals surface area contributed by atoms with E-state index < -0.39 is 43.9 Å². The molecule has 14 nitrogen and oxygen atoms in total. The number of rotatable bonds is 19. The number of pyridine rings is 2. The molecule has 2 aromatic heterocycles. The Morgan fingerprint density at radius 3 is 1.40 bits per heavy atom. The molecule has 2 aliphatic heterocycles. The van der Waals surface area contributed by atoms with Crippen LogP contribution in [0.2, 0.25) is 25.7 Å². The van der Waals surface area contributed by atoms with Crippen molar-refractivity contribution in [2.24, 2.45) is 5.92 Å². The van der Waals surface area contributed by atoms with Gasteiger partial charge >= 0.3 is 12.1 Å². The predicted molar refractivity (Wildman–Crippen MR) is 364 cm³/mol. The van der Waals surface area contributed by atoms with Gasteiger partial charge in [-0.25, -0.2) is 13.6 Å². The highest BCUT2D eigenvalue weighted by atomic mass is 28.3. The van der Waals surface area contributed by atoms with Crippen LogP contribution in [0.5, 0.6) is 23.0 Å². The molecule has 4 heterocycles. The van der Waals surface area contributed by atoms with Crippen LogP contribution in [-0.4, -0.2) is 70.0 Å². The Morgan fingerprint density at radius 1 is 0.558 bits per heavy atom. The number of benzene rings is 8. The number of hydrogen-bond acceptors (Lipinski definition) is 11. The van der Waals surface area contributed by atoms with Crippen LogP contribution in [0, 0.1) is 17.6 Å². The summed E-state index contributed by atoms with van der Waals surface area (Å²) in [6, 6.07) is 60.0. The number of nitrogens with zero attached hydrogens (tertiary/aromatic N) is 4. The highest BCUT2D eigenvalue weighted by molar-refractivity contribution is 6.76. The highest BCUT2D eigenvalue weighted by Crippen LogP contribution is 2.49. The van der Waals surface area contributed by atoms with E-state index in [2.05, 4.69) is 25.0 Å². The van der Waals surface area contributed by atoms with Crippen LogP contribution in [0.3, 0.4) is 0 Å². The van der Waals surface area contributed by atoms with Gasteiger partial charge in [-0.1, -0.05) is 165 Å². The first kappa shape index (κ1) is 64.8. The smallest absolute Gasteiger partial charge is 0.407 e. The molecular formula is C78H75F2N5O9Si. The number of aromatic nitrogens is 2. The average Bonchev–Trinajstić information content (AvgIpc) is 1.67. The minimum absolute atomic E-state index is 0.129. The summed E-state index contributed by atoms with van der Waals surface area (Å²) in [5.74, 6) is -0.400. The zero-order valence-electron chi connectivity index (χ0n) is 54.0. The molecule has 17 heteroatoms. The third kappa shape index (κ3) is 15.1. The number of carbonyl (C=O) groups excluding carboxylic acids is 4. The van der Waals surface area contributed by atoms with Crippen LogP contribution in [0.15, 0.2) is 207 Å².